The maximum Gasteiger partial charge on any atom is 0.389 e. The maximum atomic E-state index is 13.4. The van der Waals surface area contributed by atoms with Crippen molar-refractivity contribution in [3.05, 3.63) is 65.8 Å². The molecule has 0 aliphatic carbocycles. The summed E-state index contributed by atoms with van der Waals surface area (Å²) in [5, 5.41) is 15.4. The number of oxazole rings is 1. The SMILES string of the molecule is Cc1noc(C)c1-c1cnc2c3ccc(C(C)(C)O)cc3n([C@@H](CCC(F)(F)F)c3cocn3)c2c1. The number of pyridine rings is 1. The van der Waals surface area contributed by atoms with E-state index in [9.17, 15) is 18.3 Å². The summed E-state index contributed by atoms with van der Waals surface area (Å²) in [5.74, 6) is 0.616. The molecule has 0 saturated carbocycles. The number of hydrogen-bond donors (Lipinski definition) is 1. The molecule has 36 heavy (non-hydrogen) atoms. The number of aromatic nitrogens is 4. The standard InChI is InChI=1S/C26H25F3N4O3/c1-14-23(15(2)36-32-14)16-9-22-24(30-11-16)18-6-5-17(25(3,4)34)10-21(18)33(22)20(7-8-26(27,28)29)19-12-35-13-31-19/h5-6,9-13,20,34H,7-8H2,1-4H3/t20-/m0/s1. The van der Waals surface area contributed by atoms with Gasteiger partial charge in [0.05, 0.1) is 33.9 Å². The van der Waals surface area contributed by atoms with Gasteiger partial charge in [0.15, 0.2) is 6.39 Å². The molecule has 1 N–H and O–H groups in total. The zero-order valence-corrected chi connectivity index (χ0v) is 20.2. The zero-order chi connectivity index (χ0) is 25.8. The van der Waals surface area contributed by atoms with Crippen LogP contribution in [0, 0.1) is 13.8 Å². The molecule has 0 radical (unpaired) electrons. The molecule has 10 heteroatoms. The predicted molar refractivity (Wildman–Crippen MR) is 127 cm³/mol. The number of aliphatic hydroxyl groups is 1. The molecule has 0 amide bonds. The average Bonchev–Trinajstić information content (AvgIpc) is 3.51. The fraction of sp³-hybridized carbons (Fsp3) is 0.346. The van der Waals surface area contributed by atoms with E-state index in [-0.39, 0.29) is 6.42 Å². The Hall–Kier alpha value is -3.66. The first-order chi connectivity index (χ1) is 16.9. The fourth-order valence-electron chi connectivity index (χ4n) is 4.75. The third-order valence-electron chi connectivity index (χ3n) is 6.47. The number of fused-ring (bicyclic) bond motifs is 3. The number of halogens is 3. The Morgan fingerprint density at radius 3 is 2.47 bits per heavy atom. The molecular formula is C26H25F3N4O3. The van der Waals surface area contributed by atoms with E-state index in [0.29, 0.717) is 39.3 Å². The van der Waals surface area contributed by atoms with Crippen LogP contribution in [0.15, 0.2) is 52.1 Å². The van der Waals surface area contributed by atoms with Crippen molar-refractivity contribution in [3.63, 3.8) is 0 Å². The van der Waals surface area contributed by atoms with Crippen LogP contribution in [0.1, 0.15) is 55.4 Å². The van der Waals surface area contributed by atoms with Crippen LogP contribution in [0.3, 0.4) is 0 Å². The van der Waals surface area contributed by atoms with Crippen molar-refractivity contribution in [2.45, 2.75) is 58.4 Å². The van der Waals surface area contributed by atoms with Crippen LogP contribution in [0.4, 0.5) is 13.2 Å². The van der Waals surface area contributed by atoms with E-state index in [1.165, 1.54) is 12.7 Å². The fourth-order valence-corrected chi connectivity index (χ4v) is 4.75. The van der Waals surface area contributed by atoms with Crippen LogP contribution in [-0.4, -0.2) is 31.0 Å². The highest BCUT2D eigenvalue weighted by molar-refractivity contribution is 6.07. The summed E-state index contributed by atoms with van der Waals surface area (Å²) in [6, 6.07) is 6.54. The summed E-state index contributed by atoms with van der Waals surface area (Å²) in [6.45, 7) is 6.94. The van der Waals surface area contributed by atoms with Crippen LogP contribution in [0.5, 0.6) is 0 Å². The summed E-state index contributed by atoms with van der Waals surface area (Å²) in [5.41, 5.74) is 3.95. The minimum atomic E-state index is -4.35. The summed E-state index contributed by atoms with van der Waals surface area (Å²) in [6.07, 6.45) is -1.32. The monoisotopic (exact) mass is 498 g/mol. The van der Waals surface area contributed by atoms with Gasteiger partial charge in [-0.2, -0.15) is 13.2 Å². The van der Waals surface area contributed by atoms with Crippen LogP contribution in [0.25, 0.3) is 33.1 Å². The van der Waals surface area contributed by atoms with Gasteiger partial charge < -0.3 is 18.6 Å². The van der Waals surface area contributed by atoms with Gasteiger partial charge in [0.2, 0.25) is 0 Å². The first-order valence-electron chi connectivity index (χ1n) is 11.5. The van der Waals surface area contributed by atoms with Crippen LogP contribution in [0.2, 0.25) is 0 Å². The Morgan fingerprint density at radius 2 is 1.86 bits per heavy atom. The minimum absolute atomic E-state index is 0.253. The van der Waals surface area contributed by atoms with E-state index in [2.05, 4.69) is 10.1 Å². The molecule has 188 valence electrons. The van der Waals surface area contributed by atoms with Crippen molar-refractivity contribution in [1.82, 2.24) is 19.7 Å². The molecule has 1 atom stereocenters. The molecule has 4 aromatic heterocycles. The lowest BCUT2D eigenvalue weighted by Gasteiger charge is -2.22. The lowest BCUT2D eigenvalue weighted by molar-refractivity contribution is -0.136. The third kappa shape index (κ3) is 4.26. The van der Waals surface area contributed by atoms with E-state index < -0.39 is 24.2 Å². The molecule has 0 unspecified atom stereocenters. The Morgan fingerprint density at radius 1 is 1.08 bits per heavy atom. The molecule has 0 aliphatic rings. The molecule has 1 aromatic carbocycles. The zero-order valence-electron chi connectivity index (χ0n) is 20.2. The quantitative estimate of drug-likeness (QED) is 0.283. The first kappa shape index (κ1) is 24.1. The third-order valence-corrected chi connectivity index (χ3v) is 6.47. The lowest BCUT2D eigenvalue weighted by Crippen LogP contribution is -2.17. The molecule has 5 aromatic rings. The highest BCUT2D eigenvalue weighted by Gasteiger charge is 2.32. The summed E-state index contributed by atoms with van der Waals surface area (Å²) in [4.78, 5) is 8.92. The number of aryl methyl sites for hydroxylation is 2. The van der Waals surface area contributed by atoms with E-state index >= 15 is 0 Å². The maximum absolute atomic E-state index is 13.4. The van der Waals surface area contributed by atoms with Gasteiger partial charge in [-0.15, -0.1) is 0 Å². The number of benzene rings is 1. The minimum Gasteiger partial charge on any atom is -0.451 e. The van der Waals surface area contributed by atoms with Gasteiger partial charge in [-0.1, -0.05) is 17.3 Å². The topological polar surface area (TPSA) is 90.1 Å². The van der Waals surface area contributed by atoms with Gasteiger partial charge in [0.1, 0.15) is 17.7 Å². The van der Waals surface area contributed by atoms with Crippen molar-refractivity contribution < 1.29 is 27.2 Å². The van der Waals surface area contributed by atoms with Crippen molar-refractivity contribution in [2.75, 3.05) is 0 Å². The Labute approximate surface area is 204 Å². The van der Waals surface area contributed by atoms with Gasteiger partial charge in [-0.25, -0.2) is 4.98 Å². The second-order valence-electron chi connectivity index (χ2n) is 9.53. The Balaban J connectivity index is 1.83. The smallest absolute Gasteiger partial charge is 0.389 e. The van der Waals surface area contributed by atoms with Crippen LogP contribution >= 0.6 is 0 Å². The number of hydrogen-bond acceptors (Lipinski definition) is 6. The van der Waals surface area contributed by atoms with Crippen LogP contribution in [-0.2, 0) is 5.60 Å². The summed E-state index contributed by atoms with van der Waals surface area (Å²) < 4.78 is 52.4. The largest absolute Gasteiger partial charge is 0.451 e. The van der Waals surface area contributed by atoms with Gasteiger partial charge in [-0.05, 0) is 51.8 Å². The second kappa shape index (κ2) is 8.48. The molecule has 0 saturated heterocycles. The molecule has 0 aliphatic heterocycles. The highest BCUT2D eigenvalue weighted by atomic mass is 19.4. The van der Waals surface area contributed by atoms with E-state index in [1.54, 1.807) is 39.1 Å². The molecule has 4 heterocycles. The lowest BCUT2D eigenvalue weighted by atomic mass is 9.97. The second-order valence-corrected chi connectivity index (χ2v) is 9.53. The normalized spacial score (nSPS) is 13.7. The molecule has 0 bridgehead atoms. The van der Waals surface area contributed by atoms with Gasteiger partial charge in [-0.3, -0.25) is 4.98 Å². The van der Waals surface area contributed by atoms with E-state index in [1.807, 2.05) is 23.6 Å². The molecule has 7 nitrogen and oxygen atoms in total. The summed E-state index contributed by atoms with van der Waals surface area (Å²) in [7, 11) is 0. The van der Waals surface area contributed by atoms with Gasteiger partial charge in [0.25, 0.3) is 0 Å². The van der Waals surface area contributed by atoms with Crippen molar-refractivity contribution >= 4 is 21.9 Å². The van der Waals surface area contributed by atoms with E-state index in [4.69, 9.17) is 13.9 Å². The molecule has 5 rings (SSSR count). The Kier molecular flexibility index (Phi) is 5.66. The molecule has 0 fully saturated rings. The average molecular weight is 499 g/mol. The predicted octanol–water partition coefficient (Wildman–Crippen LogP) is 6.61. The van der Waals surface area contributed by atoms with Crippen molar-refractivity contribution in [1.29, 1.82) is 0 Å². The highest BCUT2D eigenvalue weighted by Crippen LogP contribution is 2.40. The number of nitrogens with zero attached hydrogens (tertiary/aromatic N) is 4. The first-order valence-corrected chi connectivity index (χ1v) is 11.5. The summed E-state index contributed by atoms with van der Waals surface area (Å²) >= 11 is 0. The van der Waals surface area contributed by atoms with E-state index in [0.717, 1.165) is 16.5 Å². The van der Waals surface area contributed by atoms with Crippen LogP contribution < -0.4 is 0 Å². The van der Waals surface area contributed by atoms with Crippen molar-refractivity contribution in [2.24, 2.45) is 0 Å². The van der Waals surface area contributed by atoms with Gasteiger partial charge in [0, 0.05) is 29.1 Å². The molecule has 0 spiro atoms. The Bertz CT molecular complexity index is 1520. The molecular weight excluding hydrogens is 473 g/mol. The number of rotatable bonds is 6. The number of alkyl halides is 3. The van der Waals surface area contributed by atoms with Gasteiger partial charge >= 0.3 is 6.18 Å². The van der Waals surface area contributed by atoms with Crippen molar-refractivity contribution in [3.8, 4) is 11.1 Å².